The maximum Gasteiger partial charge on any atom is 0.0991 e. The maximum atomic E-state index is 10.2. The van der Waals surface area contributed by atoms with Crippen LogP contribution < -0.4 is 0 Å². The monoisotopic (exact) mass is 639 g/mol. The van der Waals surface area contributed by atoms with Gasteiger partial charge in [-0.05, 0) is 83.8 Å². The molecule has 0 saturated heterocycles. The second kappa shape index (κ2) is 11.7. The van der Waals surface area contributed by atoms with Crippen LogP contribution in [0.3, 0.4) is 0 Å². The van der Waals surface area contributed by atoms with Gasteiger partial charge in [-0.1, -0.05) is 78.9 Å². The molecule has 9 rings (SSSR count). The summed E-state index contributed by atoms with van der Waals surface area (Å²) in [5, 5.41) is 34.4. The first-order valence-electron chi connectivity index (χ1n) is 16.8. The number of allylic oxidation sites excluding steroid dienone is 8. The van der Waals surface area contributed by atoms with E-state index < -0.39 is 0 Å². The van der Waals surface area contributed by atoms with Gasteiger partial charge >= 0.3 is 0 Å². The van der Waals surface area contributed by atoms with E-state index in [4.69, 9.17) is 0 Å². The van der Waals surface area contributed by atoms with E-state index >= 15 is 0 Å². The molecule has 0 aliphatic heterocycles. The zero-order valence-electron chi connectivity index (χ0n) is 27.1. The quantitative estimate of drug-likeness (QED) is 0.192. The number of nitriles is 3. The Bertz CT molecular complexity index is 2760. The standard InChI is InChI=1S/C45H29N5/c46-26-29-16-18-44(50-43-15-6-3-12-38(43)40-23-30(27-47)17-19-45(40)50)39(22-29)33-9-7-8-32(24-33)34-20-31(28-48)21-35(25-34)49-41-13-4-1-10-36(41)37-11-2-5-14-42(37)49/h1-8,10-20,22-25,33,35H,9,21H2. The van der Waals surface area contributed by atoms with Crippen LogP contribution in [0.1, 0.15) is 41.5 Å². The van der Waals surface area contributed by atoms with Crippen LogP contribution in [0, 0.1) is 34.0 Å². The lowest BCUT2D eigenvalue weighted by Crippen LogP contribution is -2.12. The lowest BCUT2D eigenvalue weighted by atomic mass is 9.83. The van der Waals surface area contributed by atoms with E-state index in [0.717, 1.165) is 67.2 Å². The average molecular weight is 640 g/mol. The molecular formula is C45H29N5. The number of hydrogen-bond acceptors (Lipinski definition) is 3. The minimum Gasteiger partial charge on any atom is -0.333 e. The molecule has 2 aliphatic rings. The first kappa shape index (κ1) is 29.3. The molecular weight excluding hydrogens is 611 g/mol. The molecule has 2 aliphatic carbocycles. The lowest BCUT2D eigenvalue weighted by Gasteiger charge is -2.26. The summed E-state index contributed by atoms with van der Waals surface area (Å²) in [6.07, 6.45) is 12.4. The normalized spacial score (nSPS) is 17.3. The second-order valence-corrected chi connectivity index (χ2v) is 13.0. The zero-order chi connectivity index (χ0) is 33.8. The molecule has 50 heavy (non-hydrogen) atoms. The molecule has 0 bridgehead atoms. The number of hydrogen-bond donors (Lipinski definition) is 0. The van der Waals surface area contributed by atoms with Crippen LogP contribution in [-0.2, 0) is 0 Å². The van der Waals surface area contributed by atoms with Gasteiger partial charge in [-0.3, -0.25) is 0 Å². The fourth-order valence-corrected chi connectivity index (χ4v) is 8.04. The highest BCUT2D eigenvalue weighted by molar-refractivity contribution is 6.10. The summed E-state index contributed by atoms with van der Waals surface area (Å²) in [6, 6.07) is 44.2. The highest BCUT2D eigenvalue weighted by Gasteiger charge is 2.25. The van der Waals surface area contributed by atoms with Gasteiger partial charge in [0.1, 0.15) is 0 Å². The third-order valence-electron chi connectivity index (χ3n) is 10.2. The first-order valence-corrected chi connectivity index (χ1v) is 16.8. The molecule has 234 valence electrons. The van der Waals surface area contributed by atoms with Crippen molar-refractivity contribution < 1.29 is 0 Å². The fraction of sp³-hybridized carbons (Fsp3) is 0.0889. The Morgan fingerprint density at radius 3 is 1.90 bits per heavy atom. The number of fused-ring (bicyclic) bond motifs is 6. The van der Waals surface area contributed by atoms with Gasteiger partial charge in [-0.2, -0.15) is 15.8 Å². The van der Waals surface area contributed by atoms with E-state index in [0.29, 0.717) is 17.5 Å². The molecule has 2 aromatic heterocycles. The van der Waals surface area contributed by atoms with Crippen molar-refractivity contribution in [2.75, 3.05) is 0 Å². The molecule has 0 N–H and O–H groups in total. The van der Waals surface area contributed by atoms with Crippen LogP contribution in [0.4, 0.5) is 0 Å². The highest BCUT2D eigenvalue weighted by Crippen LogP contribution is 2.42. The molecule has 5 aromatic carbocycles. The number of aromatic nitrogens is 2. The smallest absolute Gasteiger partial charge is 0.0991 e. The van der Waals surface area contributed by atoms with Gasteiger partial charge < -0.3 is 9.13 Å². The van der Waals surface area contributed by atoms with Gasteiger partial charge in [0.2, 0.25) is 0 Å². The Balaban J connectivity index is 1.20. The molecule has 2 heterocycles. The fourth-order valence-electron chi connectivity index (χ4n) is 8.04. The van der Waals surface area contributed by atoms with Crippen molar-refractivity contribution >= 4 is 43.6 Å². The predicted octanol–water partition coefficient (Wildman–Crippen LogP) is 10.6. The molecule has 0 radical (unpaired) electrons. The lowest BCUT2D eigenvalue weighted by molar-refractivity contribution is 0.633. The van der Waals surface area contributed by atoms with Gasteiger partial charge in [0.15, 0.2) is 0 Å². The van der Waals surface area contributed by atoms with Crippen LogP contribution in [0.15, 0.2) is 156 Å². The summed E-state index contributed by atoms with van der Waals surface area (Å²) in [4.78, 5) is 0. The minimum atomic E-state index is -0.0301. The minimum absolute atomic E-state index is 0.0126. The van der Waals surface area contributed by atoms with Crippen LogP contribution in [0.5, 0.6) is 0 Å². The predicted molar refractivity (Wildman–Crippen MR) is 200 cm³/mol. The van der Waals surface area contributed by atoms with Gasteiger partial charge in [0.05, 0.1) is 52.1 Å². The molecule has 7 aromatic rings. The zero-order valence-corrected chi connectivity index (χ0v) is 27.1. The summed E-state index contributed by atoms with van der Waals surface area (Å²) in [6.45, 7) is 0. The van der Waals surface area contributed by atoms with Crippen LogP contribution in [0.2, 0.25) is 0 Å². The van der Waals surface area contributed by atoms with Crippen molar-refractivity contribution in [3.63, 3.8) is 0 Å². The van der Waals surface area contributed by atoms with E-state index in [1.54, 1.807) is 0 Å². The summed E-state index contributed by atoms with van der Waals surface area (Å²) < 4.78 is 4.65. The molecule has 0 amide bonds. The van der Waals surface area contributed by atoms with Gasteiger partial charge in [-0.15, -0.1) is 0 Å². The van der Waals surface area contributed by atoms with E-state index in [1.807, 2.05) is 48.5 Å². The third kappa shape index (κ3) is 4.59. The Morgan fingerprint density at radius 1 is 0.580 bits per heavy atom. The Morgan fingerprint density at radius 2 is 1.20 bits per heavy atom. The van der Waals surface area contributed by atoms with E-state index in [1.165, 1.54) is 10.8 Å². The number of rotatable bonds is 4. The van der Waals surface area contributed by atoms with E-state index in [9.17, 15) is 15.8 Å². The Kier molecular flexibility index (Phi) is 6.84. The van der Waals surface area contributed by atoms with Crippen LogP contribution >= 0.6 is 0 Å². The number of para-hydroxylation sites is 3. The van der Waals surface area contributed by atoms with E-state index in [2.05, 4.69) is 118 Å². The Hall–Kier alpha value is -6.87. The van der Waals surface area contributed by atoms with Crippen LogP contribution in [0.25, 0.3) is 49.3 Å². The number of nitrogens with zero attached hydrogens (tertiary/aromatic N) is 5. The van der Waals surface area contributed by atoms with Gasteiger partial charge in [0, 0.05) is 50.5 Å². The van der Waals surface area contributed by atoms with Crippen molar-refractivity contribution in [2.45, 2.75) is 24.8 Å². The van der Waals surface area contributed by atoms with E-state index in [-0.39, 0.29) is 12.0 Å². The summed E-state index contributed by atoms with van der Waals surface area (Å²) in [7, 11) is 0. The van der Waals surface area contributed by atoms with Crippen LogP contribution in [-0.4, -0.2) is 9.13 Å². The summed E-state index contributed by atoms with van der Waals surface area (Å²) in [5.74, 6) is -0.0126. The molecule has 5 nitrogen and oxygen atoms in total. The van der Waals surface area contributed by atoms with Crippen molar-refractivity contribution in [3.05, 3.63) is 173 Å². The van der Waals surface area contributed by atoms with Crippen molar-refractivity contribution in [1.29, 1.82) is 15.8 Å². The number of benzene rings is 5. The average Bonchev–Trinajstić information content (AvgIpc) is 3.70. The highest BCUT2D eigenvalue weighted by atomic mass is 15.0. The Labute approximate surface area is 289 Å². The van der Waals surface area contributed by atoms with Crippen molar-refractivity contribution in [2.24, 2.45) is 0 Å². The molecule has 2 atom stereocenters. The van der Waals surface area contributed by atoms with Gasteiger partial charge in [-0.25, -0.2) is 0 Å². The molecule has 0 saturated carbocycles. The first-order chi connectivity index (χ1) is 24.6. The maximum absolute atomic E-state index is 10.2. The van der Waals surface area contributed by atoms with Crippen molar-refractivity contribution in [3.8, 4) is 23.9 Å². The molecule has 5 heteroatoms. The summed E-state index contributed by atoms with van der Waals surface area (Å²) in [5.41, 5.74) is 10.5. The van der Waals surface area contributed by atoms with Crippen molar-refractivity contribution in [1.82, 2.24) is 9.13 Å². The second-order valence-electron chi connectivity index (χ2n) is 13.0. The topological polar surface area (TPSA) is 81.2 Å². The summed E-state index contributed by atoms with van der Waals surface area (Å²) >= 11 is 0. The molecule has 0 spiro atoms. The molecule has 0 fully saturated rings. The van der Waals surface area contributed by atoms with Gasteiger partial charge in [0.25, 0.3) is 0 Å². The largest absolute Gasteiger partial charge is 0.333 e. The molecule has 2 unspecified atom stereocenters. The third-order valence-corrected chi connectivity index (χ3v) is 10.2. The SMILES string of the molecule is N#CC1=CC(C2=CC(c3cc(C#N)ccc3-n3c4ccccc4c4cc(C#N)ccc43)CC=C2)=CC(n2c3ccccc3c3ccccc32)C1.